The largest absolute Gasteiger partial charge is 0.455 e. The molecule has 38 heavy (non-hydrogen) atoms. The van der Waals surface area contributed by atoms with Crippen molar-refractivity contribution in [1.29, 1.82) is 0 Å². The van der Waals surface area contributed by atoms with Crippen molar-refractivity contribution < 1.29 is 8.98 Å². The van der Waals surface area contributed by atoms with Crippen LogP contribution in [-0.4, -0.2) is 4.40 Å². The molecule has 0 fully saturated rings. The maximum atomic E-state index is 6.68. The van der Waals surface area contributed by atoms with Gasteiger partial charge in [-0.25, -0.2) is 4.57 Å². The highest BCUT2D eigenvalue weighted by Crippen LogP contribution is 2.41. The predicted octanol–water partition coefficient (Wildman–Crippen LogP) is 8.74. The molecule has 9 rings (SSSR count). The van der Waals surface area contributed by atoms with Gasteiger partial charge in [-0.15, -0.1) is 0 Å². The lowest BCUT2D eigenvalue weighted by Crippen LogP contribution is -2.27. The van der Waals surface area contributed by atoms with Crippen molar-refractivity contribution in [3.8, 4) is 0 Å². The molecule has 0 atom stereocenters. The third-order valence-corrected chi connectivity index (χ3v) is 8.52. The Kier molecular flexibility index (Phi) is 3.67. The number of para-hydroxylation sites is 1. The zero-order valence-electron chi connectivity index (χ0n) is 21.1. The molecule has 0 aliphatic rings. The minimum absolute atomic E-state index is 0.919. The number of benzene rings is 6. The third-order valence-electron chi connectivity index (χ3n) is 8.52. The molecular formula is C35H23N2O+. The van der Waals surface area contributed by atoms with Crippen LogP contribution >= 0.6 is 0 Å². The molecule has 0 saturated heterocycles. The fourth-order valence-corrected chi connectivity index (χ4v) is 6.85. The zero-order valence-corrected chi connectivity index (χ0v) is 21.1. The topological polar surface area (TPSA) is 21.4 Å². The molecule has 9 aromatic rings. The van der Waals surface area contributed by atoms with Crippen molar-refractivity contribution in [2.45, 2.75) is 6.92 Å². The number of fused-ring (bicyclic) bond motifs is 16. The van der Waals surface area contributed by atoms with Gasteiger partial charge in [-0.1, -0.05) is 72.8 Å². The highest BCUT2D eigenvalue weighted by Gasteiger charge is 2.27. The predicted molar refractivity (Wildman–Crippen MR) is 158 cm³/mol. The van der Waals surface area contributed by atoms with Crippen molar-refractivity contribution in [1.82, 2.24) is 4.40 Å². The van der Waals surface area contributed by atoms with Gasteiger partial charge in [0.15, 0.2) is 11.0 Å². The van der Waals surface area contributed by atoms with Gasteiger partial charge in [-0.05, 0) is 59.0 Å². The van der Waals surface area contributed by atoms with E-state index >= 15 is 0 Å². The van der Waals surface area contributed by atoms with Gasteiger partial charge in [-0.2, -0.15) is 4.40 Å². The minimum Gasteiger partial charge on any atom is -0.455 e. The van der Waals surface area contributed by atoms with E-state index in [9.17, 15) is 0 Å². The Morgan fingerprint density at radius 2 is 1.37 bits per heavy atom. The smallest absolute Gasteiger partial charge is 0.295 e. The van der Waals surface area contributed by atoms with Crippen LogP contribution in [0.5, 0.6) is 0 Å². The van der Waals surface area contributed by atoms with Crippen LogP contribution in [0.3, 0.4) is 0 Å². The summed E-state index contributed by atoms with van der Waals surface area (Å²) in [5.74, 6) is 0. The van der Waals surface area contributed by atoms with E-state index in [1.165, 1.54) is 65.5 Å². The molecule has 0 aliphatic carbocycles. The van der Waals surface area contributed by atoms with Crippen molar-refractivity contribution in [2.24, 2.45) is 7.05 Å². The summed E-state index contributed by atoms with van der Waals surface area (Å²) in [6.07, 6.45) is 0. The van der Waals surface area contributed by atoms with Crippen LogP contribution in [0.1, 0.15) is 5.56 Å². The second kappa shape index (κ2) is 6.90. The van der Waals surface area contributed by atoms with E-state index in [4.69, 9.17) is 4.42 Å². The SMILES string of the molecule is Cc1cccc2c3ccccc3n3c4c5c(ccc4[n+](C)c3c12)oc1c2ccc3ccccc3c2ccc15. The van der Waals surface area contributed by atoms with Gasteiger partial charge in [0.1, 0.15) is 16.7 Å². The molecule has 3 nitrogen and oxygen atoms in total. The highest BCUT2D eigenvalue weighted by atomic mass is 16.3. The molecule has 0 N–H and O–H groups in total. The molecule has 0 unspecified atom stereocenters. The summed E-state index contributed by atoms with van der Waals surface area (Å²) in [5, 5.41) is 11.0. The average Bonchev–Trinajstić information content (AvgIpc) is 3.48. The van der Waals surface area contributed by atoms with Crippen molar-refractivity contribution in [3.05, 3.63) is 109 Å². The fourth-order valence-electron chi connectivity index (χ4n) is 6.85. The second-order valence-electron chi connectivity index (χ2n) is 10.5. The van der Waals surface area contributed by atoms with E-state index in [1.807, 2.05) is 0 Å². The van der Waals surface area contributed by atoms with Crippen molar-refractivity contribution >= 4 is 81.8 Å². The number of hydrogen-bond donors (Lipinski definition) is 0. The van der Waals surface area contributed by atoms with E-state index in [0.717, 1.165) is 21.9 Å². The highest BCUT2D eigenvalue weighted by molar-refractivity contribution is 6.26. The lowest BCUT2D eigenvalue weighted by molar-refractivity contribution is -0.617. The molecule has 178 valence electrons. The first-order chi connectivity index (χ1) is 18.7. The first-order valence-corrected chi connectivity index (χ1v) is 13.1. The first-order valence-electron chi connectivity index (χ1n) is 13.1. The lowest BCUT2D eigenvalue weighted by Gasteiger charge is -2.07. The van der Waals surface area contributed by atoms with E-state index < -0.39 is 0 Å². The Bertz CT molecular complexity index is 2480. The maximum absolute atomic E-state index is 6.68. The monoisotopic (exact) mass is 487 g/mol. The van der Waals surface area contributed by atoms with Gasteiger partial charge in [0.05, 0.1) is 17.8 Å². The normalized spacial score (nSPS) is 12.5. The van der Waals surface area contributed by atoms with Gasteiger partial charge in [0, 0.05) is 21.5 Å². The van der Waals surface area contributed by atoms with Crippen molar-refractivity contribution in [3.63, 3.8) is 0 Å². The van der Waals surface area contributed by atoms with E-state index in [0.29, 0.717) is 0 Å². The van der Waals surface area contributed by atoms with Gasteiger partial charge in [-0.3, -0.25) is 0 Å². The van der Waals surface area contributed by atoms with Crippen LogP contribution in [0, 0.1) is 6.92 Å². The van der Waals surface area contributed by atoms with Crippen LogP contribution in [-0.2, 0) is 7.05 Å². The Hall–Kier alpha value is -4.89. The minimum atomic E-state index is 0.919. The summed E-state index contributed by atoms with van der Waals surface area (Å²) >= 11 is 0. The second-order valence-corrected chi connectivity index (χ2v) is 10.5. The number of furan rings is 1. The van der Waals surface area contributed by atoms with Gasteiger partial charge in [0.2, 0.25) is 0 Å². The molecule has 0 radical (unpaired) electrons. The lowest BCUT2D eigenvalue weighted by atomic mass is 9.99. The summed E-state index contributed by atoms with van der Waals surface area (Å²) in [5.41, 5.74) is 7.96. The van der Waals surface area contributed by atoms with Gasteiger partial charge >= 0.3 is 0 Å². The van der Waals surface area contributed by atoms with Gasteiger partial charge < -0.3 is 4.42 Å². The zero-order chi connectivity index (χ0) is 25.1. The van der Waals surface area contributed by atoms with Gasteiger partial charge in [0.25, 0.3) is 5.65 Å². The van der Waals surface area contributed by atoms with Crippen molar-refractivity contribution in [2.75, 3.05) is 0 Å². The molecule has 3 heteroatoms. The standard InChI is InChI=1S/C35H23N2O/c1-20-8-7-12-25-24-11-5-6-13-28(24)37-33-29(36(2)35(37)31(20)25)18-19-30-32(33)27-17-16-23-22-10-4-3-9-21(22)14-15-26(23)34(27)38-30/h3-19H,1-2H3/q+1. The number of pyridine rings is 1. The quantitative estimate of drug-likeness (QED) is 0.155. The molecule has 3 aromatic heterocycles. The van der Waals surface area contributed by atoms with Crippen LogP contribution in [0.4, 0.5) is 0 Å². The molecule has 0 bridgehead atoms. The number of aromatic nitrogens is 2. The summed E-state index contributed by atoms with van der Waals surface area (Å²) in [6, 6.07) is 37.3. The summed E-state index contributed by atoms with van der Waals surface area (Å²) < 4.78 is 11.5. The molecule has 0 saturated carbocycles. The third kappa shape index (κ3) is 2.33. The number of nitrogens with zero attached hydrogens (tertiary/aromatic N) is 2. The molecule has 6 aromatic carbocycles. The Labute approximate surface area is 217 Å². The maximum Gasteiger partial charge on any atom is 0.295 e. The molecule has 0 spiro atoms. The first kappa shape index (κ1) is 20.2. The average molecular weight is 488 g/mol. The van der Waals surface area contributed by atoms with E-state index in [1.54, 1.807) is 0 Å². The summed E-state index contributed by atoms with van der Waals surface area (Å²) in [4.78, 5) is 0. The Balaban J connectivity index is 1.58. The Morgan fingerprint density at radius 3 is 2.29 bits per heavy atom. The summed E-state index contributed by atoms with van der Waals surface area (Å²) in [6.45, 7) is 2.22. The van der Waals surface area contributed by atoms with Crippen LogP contribution in [0.25, 0.3) is 81.8 Å². The number of aryl methyl sites for hydroxylation is 2. The number of rotatable bonds is 0. The molecular weight excluding hydrogens is 464 g/mol. The Morgan fingerprint density at radius 1 is 0.605 bits per heavy atom. The number of imidazole rings is 1. The number of hydrogen-bond acceptors (Lipinski definition) is 1. The van der Waals surface area contributed by atoms with Crippen LogP contribution in [0.15, 0.2) is 108 Å². The summed E-state index contributed by atoms with van der Waals surface area (Å²) in [7, 11) is 2.19. The molecule has 0 aliphatic heterocycles. The van der Waals surface area contributed by atoms with Crippen LogP contribution < -0.4 is 4.57 Å². The van der Waals surface area contributed by atoms with E-state index in [-0.39, 0.29) is 0 Å². The van der Waals surface area contributed by atoms with Crippen LogP contribution in [0.2, 0.25) is 0 Å². The molecule has 0 amide bonds. The van der Waals surface area contributed by atoms with E-state index in [2.05, 4.69) is 126 Å². The fraction of sp³-hybridized carbons (Fsp3) is 0.0571. The molecule has 3 heterocycles.